The van der Waals surface area contributed by atoms with E-state index in [1.54, 1.807) is 0 Å². The maximum absolute atomic E-state index is 13.0. The van der Waals surface area contributed by atoms with Crippen molar-refractivity contribution >= 4 is 34.3 Å². The van der Waals surface area contributed by atoms with Crippen LogP contribution in [0, 0.1) is 0 Å². The van der Waals surface area contributed by atoms with Gasteiger partial charge in [-0.25, -0.2) is 9.97 Å². The van der Waals surface area contributed by atoms with Crippen LogP contribution in [0.4, 0.5) is 19.0 Å². The zero-order valence-electron chi connectivity index (χ0n) is 19.4. The lowest BCUT2D eigenvalue weighted by molar-refractivity contribution is -0.141. The van der Waals surface area contributed by atoms with E-state index in [4.69, 9.17) is 5.73 Å². The molecule has 1 atom stereocenters. The van der Waals surface area contributed by atoms with E-state index < -0.39 is 11.9 Å². The summed E-state index contributed by atoms with van der Waals surface area (Å²) in [7, 11) is 1.51. The van der Waals surface area contributed by atoms with Crippen molar-refractivity contribution in [2.24, 2.45) is 7.05 Å². The van der Waals surface area contributed by atoms with Crippen molar-refractivity contribution in [1.29, 1.82) is 0 Å². The lowest BCUT2D eigenvalue weighted by Gasteiger charge is -2.38. The van der Waals surface area contributed by atoms with Gasteiger partial charge in [0, 0.05) is 50.0 Å². The Kier molecular flexibility index (Phi) is 6.49. The van der Waals surface area contributed by atoms with E-state index in [2.05, 4.69) is 24.9 Å². The van der Waals surface area contributed by atoms with Crippen LogP contribution in [-0.4, -0.2) is 61.5 Å². The van der Waals surface area contributed by atoms with E-state index >= 15 is 0 Å². The van der Waals surface area contributed by atoms with Crippen molar-refractivity contribution in [3.05, 3.63) is 58.9 Å². The summed E-state index contributed by atoms with van der Waals surface area (Å²) in [6.45, 7) is 3.29. The van der Waals surface area contributed by atoms with Crippen molar-refractivity contribution in [2.45, 2.75) is 25.3 Å². The fourth-order valence-electron chi connectivity index (χ4n) is 4.49. The summed E-state index contributed by atoms with van der Waals surface area (Å²) in [5, 5.41) is 4.40. The van der Waals surface area contributed by atoms with Gasteiger partial charge in [0.15, 0.2) is 5.69 Å². The number of piperazine rings is 1. The van der Waals surface area contributed by atoms with E-state index in [-0.39, 0.29) is 6.04 Å². The van der Waals surface area contributed by atoms with Crippen LogP contribution in [0.5, 0.6) is 0 Å². The smallest absolute Gasteiger partial charge is 0.383 e. The molecule has 1 fully saturated rings. The molecule has 4 aromatic rings. The molecule has 1 aliphatic heterocycles. The molecule has 1 unspecified atom stereocenters. The molecule has 2 N–H and O–H groups in total. The molecule has 0 spiro atoms. The van der Waals surface area contributed by atoms with Gasteiger partial charge < -0.3 is 10.5 Å². The third kappa shape index (κ3) is 4.97. The summed E-state index contributed by atoms with van der Waals surface area (Å²) in [4.78, 5) is 26.3. The van der Waals surface area contributed by atoms with Gasteiger partial charge in [-0.15, -0.1) is 11.3 Å². The third-order valence-electron chi connectivity index (χ3n) is 6.36. The molecule has 3 aromatic heterocycles. The number of anilines is 1. The van der Waals surface area contributed by atoms with Gasteiger partial charge in [0.1, 0.15) is 18.4 Å². The van der Waals surface area contributed by atoms with Crippen LogP contribution in [0.1, 0.15) is 16.1 Å². The number of rotatable bonds is 6. The first-order chi connectivity index (χ1) is 17.2. The Morgan fingerprint density at radius 3 is 2.72 bits per heavy atom. The number of benzene rings is 1. The van der Waals surface area contributed by atoms with Crippen LogP contribution in [0.15, 0.2) is 42.7 Å². The third-order valence-corrected chi connectivity index (χ3v) is 7.45. The van der Waals surface area contributed by atoms with Crippen molar-refractivity contribution in [1.82, 2.24) is 29.5 Å². The zero-order valence-corrected chi connectivity index (χ0v) is 20.3. The highest BCUT2D eigenvalue weighted by molar-refractivity contribution is 7.15. The molecule has 0 radical (unpaired) electrons. The van der Waals surface area contributed by atoms with Crippen molar-refractivity contribution in [3.63, 3.8) is 0 Å². The van der Waals surface area contributed by atoms with Crippen molar-refractivity contribution in [2.75, 3.05) is 25.4 Å². The number of nitrogens with two attached hydrogens (primary N) is 1. The highest BCUT2D eigenvalue weighted by atomic mass is 32.1. The fourth-order valence-corrected chi connectivity index (χ4v) is 5.59. The Bertz CT molecular complexity index is 1400. The van der Waals surface area contributed by atoms with Crippen LogP contribution in [-0.2, 0) is 31.1 Å². The quantitative estimate of drug-likeness (QED) is 0.393. The summed E-state index contributed by atoms with van der Waals surface area (Å²) < 4.78 is 40.3. The molecule has 5 rings (SSSR count). The van der Waals surface area contributed by atoms with E-state index in [1.165, 1.54) is 29.4 Å². The van der Waals surface area contributed by atoms with Crippen molar-refractivity contribution < 1.29 is 18.0 Å². The van der Waals surface area contributed by atoms with Gasteiger partial charge in [0.05, 0.1) is 22.1 Å². The van der Waals surface area contributed by atoms with Crippen LogP contribution >= 0.6 is 11.3 Å². The molecule has 0 saturated carbocycles. The predicted octanol–water partition coefficient (Wildman–Crippen LogP) is 3.58. The number of carbonyl (C=O) groups is 1. The minimum atomic E-state index is -4.48. The standard InChI is InChI=1S/C24H24F3N7OS/c1-32-20(9-22(31-32)24(25,26)27)21-5-3-17(36-21)12-33-6-7-34(16(11-33)13-35)10-15-2-4-18-19(8-15)29-14-30-23(18)28/h2-5,8-9,13-14,16H,6-7,10-12H2,1H3,(H2,28,29,30). The van der Waals surface area contributed by atoms with E-state index in [1.807, 2.05) is 30.3 Å². The second-order valence-corrected chi connectivity index (χ2v) is 9.99. The number of halogens is 3. The number of alkyl halides is 3. The van der Waals surface area contributed by atoms with E-state index in [0.717, 1.165) is 45.1 Å². The Balaban J connectivity index is 1.24. The molecule has 0 aliphatic carbocycles. The lowest BCUT2D eigenvalue weighted by atomic mass is 10.1. The largest absolute Gasteiger partial charge is 0.435 e. The minimum Gasteiger partial charge on any atom is -0.383 e. The van der Waals surface area contributed by atoms with Crippen LogP contribution < -0.4 is 5.73 Å². The molecule has 4 heterocycles. The molecule has 188 valence electrons. The van der Waals surface area contributed by atoms with E-state index in [9.17, 15) is 18.0 Å². The zero-order chi connectivity index (χ0) is 25.4. The average molecular weight is 516 g/mol. The molecule has 8 nitrogen and oxygen atoms in total. The number of aromatic nitrogens is 4. The van der Waals surface area contributed by atoms with E-state index in [0.29, 0.717) is 37.7 Å². The first kappa shape index (κ1) is 24.3. The number of fused-ring (bicyclic) bond motifs is 1. The Morgan fingerprint density at radius 1 is 1.14 bits per heavy atom. The molecule has 1 saturated heterocycles. The number of aryl methyl sites for hydroxylation is 1. The van der Waals surface area contributed by atoms with Gasteiger partial charge in [-0.1, -0.05) is 6.07 Å². The fraction of sp³-hybridized carbons (Fsp3) is 0.333. The number of hydrogen-bond acceptors (Lipinski definition) is 8. The minimum absolute atomic E-state index is 0.268. The second-order valence-electron chi connectivity index (χ2n) is 8.82. The van der Waals surface area contributed by atoms with Crippen LogP contribution in [0.2, 0.25) is 0 Å². The van der Waals surface area contributed by atoms with Gasteiger partial charge in [0.25, 0.3) is 0 Å². The monoisotopic (exact) mass is 515 g/mol. The summed E-state index contributed by atoms with van der Waals surface area (Å²) in [5.41, 5.74) is 7.25. The summed E-state index contributed by atoms with van der Waals surface area (Å²) >= 11 is 1.44. The number of hydrogen-bond donors (Lipinski definition) is 1. The second kappa shape index (κ2) is 9.60. The Morgan fingerprint density at radius 2 is 1.97 bits per heavy atom. The van der Waals surface area contributed by atoms with Gasteiger partial charge in [-0.2, -0.15) is 18.3 Å². The van der Waals surface area contributed by atoms with Gasteiger partial charge >= 0.3 is 6.18 Å². The molecule has 12 heteroatoms. The maximum atomic E-state index is 13.0. The molecular weight excluding hydrogens is 491 g/mol. The first-order valence-electron chi connectivity index (χ1n) is 11.3. The summed E-state index contributed by atoms with van der Waals surface area (Å²) in [6.07, 6.45) is -2.07. The normalized spacial score (nSPS) is 17.6. The van der Waals surface area contributed by atoms with Gasteiger partial charge in [-0.05, 0) is 35.9 Å². The van der Waals surface area contributed by atoms with Gasteiger partial charge in [-0.3, -0.25) is 14.5 Å². The molecule has 0 amide bonds. The number of aldehydes is 1. The summed E-state index contributed by atoms with van der Waals surface area (Å²) in [6, 6.07) is 10.4. The van der Waals surface area contributed by atoms with Crippen molar-refractivity contribution in [3.8, 4) is 10.6 Å². The Hall–Kier alpha value is -3.35. The SMILES string of the molecule is Cn1nc(C(F)(F)F)cc1-c1ccc(CN2CCN(Cc3ccc4c(N)ncnc4c3)C(C=O)C2)s1. The van der Waals surface area contributed by atoms with Crippen LogP contribution in [0.25, 0.3) is 21.5 Å². The number of nitrogens with zero attached hydrogens (tertiary/aromatic N) is 6. The number of carbonyl (C=O) groups excluding carboxylic acids is 1. The molecule has 1 aromatic carbocycles. The maximum Gasteiger partial charge on any atom is 0.435 e. The lowest BCUT2D eigenvalue weighted by Crippen LogP contribution is -2.52. The number of nitrogen functional groups attached to an aromatic ring is 1. The van der Waals surface area contributed by atoms with Gasteiger partial charge in [0.2, 0.25) is 0 Å². The average Bonchev–Trinajstić information content (AvgIpc) is 3.46. The van der Waals surface area contributed by atoms with Crippen LogP contribution in [0.3, 0.4) is 0 Å². The predicted molar refractivity (Wildman–Crippen MR) is 131 cm³/mol. The molecular formula is C24H24F3N7OS. The highest BCUT2D eigenvalue weighted by Gasteiger charge is 2.35. The summed E-state index contributed by atoms with van der Waals surface area (Å²) in [5.74, 6) is 0.437. The molecule has 0 bridgehead atoms. The Labute approximate surface area is 209 Å². The molecule has 1 aliphatic rings. The number of thiophene rings is 1. The topological polar surface area (TPSA) is 93.2 Å². The molecule has 36 heavy (non-hydrogen) atoms. The first-order valence-corrected chi connectivity index (χ1v) is 12.1. The highest BCUT2D eigenvalue weighted by Crippen LogP contribution is 2.34.